The van der Waals surface area contributed by atoms with Crippen molar-refractivity contribution in [3.63, 3.8) is 0 Å². The van der Waals surface area contributed by atoms with E-state index in [9.17, 15) is 0 Å². The minimum atomic E-state index is 0. The number of halogens is 2. The molecule has 20 heavy (non-hydrogen) atoms. The molecule has 1 heterocycles. The van der Waals surface area contributed by atoms with Crippen molar-refractivity contribution in [3.8, 4) is 5.75 Å². The molecule has 1 aliphatic heterocycles. The normalized spacial score (nSPS) is 16.5. The van der Waals surface area contributed by atoms with Gasteiger partial charge in [-0.05, 0) is 30.2 Å². The number of benzene rings is 1. The molecule has 5 heteroatoms. The van der Waals surface area contributed by atoms with Crippen LogP contribution in [0.25, 0.3) is 0 Å². The van der Waals surface area contributed by atoms with Crippen LogP contribution in [0.1, 0.15) is 17.2 Å². The second kappa shape index (κ2) is 9.24. The first-order chi connectivity index (χ1) is 8.76. The summed E-state index contributed by atoms with van der Waals surface area (Å²) >= 11 is 0. The summed E-state index contributed by atoms with van der Waals surface area (Å²) in [6.45, 7) is 10.4. The van der Waals surface area contributed by atoms with Crippen LogP contribution < -0.4 is 10.1 Å². The topological polar surface area (TPSA) is 24.5 Å². The van der Waals surface area contributed by atoms with Crippen molar-refractivity contribution in [2.75, 3.05) is 33.3 Å². The first kappa shape index (κ1) is 19.3. The van der Waals surface area contributed by atoms with Crippen LogP contribution in [0.3, 0.4) is 0 Å². The van der Waals surface area contributed by atoms with Gasteiger partial charge in [0.15, 0.2) is 0 Å². The van der Waals surface area contributed by atoms with Crippen LogP contribution >= 0.6 is 24.8 Å². The van der Waals surface area contributed by atoms with Gasteiger partial charge in [0.2, 0.25) is 0 Å². The maximum atomic E-state index is 5.26. The molecule has 1 fully saturated rings. The van der Waals surface area contributed by atoms with Gasteiger partial charge in [-0.25, -0.2) is 0 Å². The highest BCUT2D eigenvalue weighted by atomic mass is 35.5. The Morgan fingerprint density at radius 2 is 1.95 bits per heavy atom. The summed E-state index contributed by atoms with van der Waals surface area (Å²) in [6, 6.07) is 6.58. The van der Waals surface area contributed by atoms with Gasteiger partial charge in [0.1, 0.15) is 5.75 Å². The number of piperazine rings is 1. The zero-order chi connectivity index (χ0) is 13.0. The fraction of sp³-hybridized carbons (Fsp3) is 0.467. The van der Waals surface area contributed by atoms with Crippen molar-refractivity contribution in [3.05, 3.63) is 42.0 Å². The third kappa shape index (κ3) is 4.38. The highest BCUT2D eigenvalue weighted by molar-refractivity contribution is 5.85. The Hall–Kier alpha value is -0.740. The van der Waals surface area contributed by atoms with Crippen molar-refractivity contribution in [1.29, 1.82) is 0 Å². The number of ether oxygens (including phenoxy) is 1. The van der Waals surface area contributed by atoms with Crippen LogP contribution in [0, 0.1) is 6.92 Å². The Morgan fingerprint density at radius 1 is 1.30 bits per heavy atom. The summed E-state index contributed by atoms with van der Waals surface area (Å²) in [5.74, 6) is 0.916. The van der Waals surface area contributed by atoms with Gasteiger partial charge in [0.05, 0.1) is 13.2 Å². The maximum absolute atomic E-state index is 5.26. The molecule has 0 bridgehead atoms. The highest BCUT2D eigenvalue weighted by Gasteiger charge is 2.20. The van der Waals surface area contributed by atoms with E-state index in [2.05, 4.69) is 35.9 Å². The SMILES string of the molecule is C=C[C@@H](c1ccc(OC)cc1C)N1CCNCC1.Cl.Cl. The van der Waals surface area contributed by atoms with Crippen molar-refractivity contribution in [1.82, 2.24) is 10.2 Å². The van der Waals surface area contributed by atoms with E-state index in [0.29, 0.717) is 6.04 Å². The molecule has 0 amide bonds. The second-order valence-corrected chi connectivity index (χ2v) is 4.69. The number of aryl methyl sites for hydroxylation is 1. The molecule has 3 nitrogen and oxygen atoms in total. The van der Waals surface area contributed by atoms with E-state index in [1.807, 2.05) is 12.1 Å². The molecule has 1 aromatic carbocycles. The summed E-state index contributed by atoms with van der Waals surface area (Å²) in [5.41, 5.74) is 2.59. The predicted molar refractivity (Wildman–Crippen MR) is 89.6 cm³/mol. The lowest BCUT2D eigenvalue weighted by Crippen LogP contribution is -2.44. The Labute approximate surface area is 134 Å². The van der Waals surface area contributed by atoms with Crippen molar-refractivity contribution < 1.29 is 4.74 Å². The van der Waals surface area contributed by atoms with Gasteiger partial charge < -0.3 is 10.1 Å². The van der Waals surface area contributed by atoms with Gasteiger partial charge in [0, 0.05) is 26.2 Å². The monoisotopic (exact) mass is 318 g/mol. The van der Waals surface area contributed by atoms with E-state index in [1.165, 1.54) is 11.1 Å². The van der Waals surface area contributed by atoms with Crippen LogP contribution in [0.2, 0.25) is 0 Å². The van der Waals surface area contributed by atoms with E-state index in [4.69, 9.17) is 4.74 Å². The molecule has 1 aromatic rings. The molecule has 0 unspecified atom stereocenters. The first-order valence-electron chi connectivity index (χ1n) is 6.48. The lowest BCUT2D eigenvalue weighted by atomic mass is 9.99. The molecule has 0 aromatic heterocycles. The molecule has 1 aliphatic rings. The van der Waals surface area contributed by atoms with Crippen molar-refractivity contribution in [2.24, 2.45) is 0 Å². The summed E-state index contributed by atoms with van der Waals surface area (Å²) in [6.07, 6.45) is 2.04. The third-order valence-electron chi connectivity index (χ3n) is 3.56. The van der Waals surface area contributed by atoms with Gasteiger partial charge in [-0.2, -0.15) is 0 Å². The zero-order valence-corrected chi connectivity index (χ0v) is 13.7. The van der Waals surface area contributed by atoms with Gasteiger partial charge in [0.25, 0.3) is 0 Å². The molecule has 1 saturated heterocycles. The van der Waals surface area contributed by atoms with Crippen LogP contribution in [0.15, 0.2) is 30.9 Å². The van der Waals surface area contributed by atoms with E-state index in [1.54, 1.807) is 7.11 Å². The molecular formula is C15H24Cl2N2O. The fourth-order valence-corrected chi connectivity index (χ4v) is 2.54. The van der Waals surface area contributed by atoms with Crippen LogP contribution in [0.4, 0.5) is 0 Å². The van der Waals surface area contributed by atoms with Crippen LogP contribution in [-0.4, -0.2) is 38.2 Å². The average Bonchev–Trinajstić information content (AvgIpc) is 2.42. The molecule has 1 N–H and O–H groups in total. The Balaban J connectivity index is 0.00000180. The minimum Gasteiger partial charge on any atom is -0.497 e. The molecule has 2 rings (SSSR count). The Morgan fingerprint density at radius 3 is 2.45 bits per heavy atom. The molecule has 0 saturated carbocycles. The molecule has 114 valence electrons. The number of hydrogen-bond donors (Lipinski definition) is 1. The number of nitrogens with one attached hydrogen (secondary N) is 1. The molecular weight excluding hydrogens is 295 g/mol. The van der Waals surface area contributed by atoms with Crippen molar-refractivity contribution in [2.45, 2.75) is 13.0 Å². The minimum absolute atomic E-state index is 0. The standard InChI is InChI=1S/C15H22N2O.2ClH/c1-4-15(17-9-7-16-8-10-17)14-6-5-13(18-3)11-12(14)2;;/h4-6,11,15-16H,1,7-10H2,2-3H3;2*1H/t15-;;/m0../s1. The number of methoxy groups -OCH3 is 1. The predicted octanol–water partition coefficient (Wildman–Crippen LogP) is 2.98. The quantitative estimate of drug-likeness (QED) is 0.864. The number of nitrogens with zero attached hydrogens (tertiary/aromatic N) is 1. The number of rotatable bonds is 4. The van der Waals surface area contributed by atoms with Crippen LogP contribution in [-0.2, 0) is 0 Å². The van der Waals surface area contributed by atoms with Gasteiger partial charge in [-0.15, -0.1) is 31.4 Å². The van der Waals surface area contributed by atoms with Crippen molar-refractivity contribution >= 4 is 24.8 Å². The molecule has 1 atom stereocenters. The summed E-state index contributed by atoms with van der Waals surface area (Å²) < 4.78 is 5.26. The van der Waals surface area contributed by atoms with Gasteiger partial charge in [-0.3, -0.25) is 4.90 Å². The van der Waals surface area contributed by atoms with E-state index >= 15 is 0 Å². The summed E-state index contributed by atoms with van der Waals surface area (Å²) in [5, 5.41) is 3.38. The van der Waals surface area contributed by atoms with E-state index < -0.39 is 0 Å². The fourth-order valence-electron chi connectivity index (χ4n) is 2.54. The second-order valence-electron chi connectivity index (χ2n) is 4.69. The first-order valence-corrected chi connectivity index (χ1v) is 6.48. The van der Waals surface area contributed by atoms with Gasteiger partial charge in [-0.1, -0.05) is 12.1 Å². The zero-order valence-electron chi connectivity index (χ0n) is 12.1. The highest BCUT2D eigenvalue weighted by Crippen LogP contribution is 2.27. The van der Waals surface area contributed by atoms with E-state index in [-0.39, 0.29) is 24.8 Å². The number of hydrogen-bond acceptors (Lipinski definition) is 3. The summed E-state index contributed by atoms with van der Waals surface area (Å²) in [4.78, 5) is 2.47. The lowest BCUT2D eigenvalue weighted by Gasteiger charge is -2.34. The lowest BCUT2D eigenvalue weighted by molar-refractivity contribution is 0.203. The Bertz CT molecular complexity index is 420. The molecule has 0 aliphatic carbocycles. The third-order valence-corrected chi connectivity index (χ3v) is 3.56. The summed E-state index contributed by atoms with van der Waals surface area (Å²) in [7, 11) is 1.70. The van der Waals surface area contributed by atoms with E-state index in [0.717, 1.165) is 31.9 Å². The molecule has 0 radical (unpaired) electrons. The average molecular weight is 319 g/mol. The smallest absolute Gasteiger partial charge is 0.119 e. The molecule has 0 spiro atoms. The Kier molecular flexibility index (Phi) is 8.90. The maximum Gasteiger partial charge on any atom is 0.119 e. The van der Waals surface area contributed by atoms with Crippen LogP contribution in [0.5, 0.6) is 5.75 Å². The van der Waals surface area contributed by atoms with Gasteiger partial charge >= 0.3 is 0 Å². The largest absolute Gasteiger partial charge is 0.497 e.